The van der Waals surface area contributed by atoms with Crippen LogP contribution in [0.4, 0.5) is 10.1 Å². The molecule has 0 bridgehead atoms. The average Bonchev–Trinajstić information content (AvgIpc) is 3.69. The fourth-order valence-corrected chi connectivity index (χ4v) is 4.78. The number of nitrogens with zero attached hydrogens (tertiary/aromatic N) is 3. The van der Waals surface area contributed by atoms with Gasteiger partial charge in [0.25, 0.3) is 5.56 Å². The first-order valence-electron chi connectivity index (χ1n) is 12.0. The second kappa shape index (κ2) is 9.58. The number of carbonyl (C=O) groups is 2. The summed E-state index contributed by atoms with van der Waals surface area (Å²) in [6, 6.07) is 11.7. The maximum atomic E-state index is 14.5. The summed E-state index contributed by atoms with van der Waals surface area (Å²) in [5, 5.41) is 10.6. The Morgan fingerprint density at radius 3 is 2.57 bits per heavy atom. The number of carbonyl (C=O) groups excluding carboxylic acids is 2. The fourth-order valence-electron chi connectivity index (χ4n) is 4.78. The third kappa shape index (κ3) is 4.81. The molecule has 9 heteroatoms. The van der Waals surface area contributed by atoms with E-state index in [4.69, 9.17) is 0 Å². The van der Waals surface area contributed by atoms with Crippen molar-refractivity contribution in [3.05, 3.63) is 69.9 Å². The summed E-state index contributed by atoms with van der Waals surface area (Å²) in [5.41, 5.74) is 1.21. The van der Waals surface area contributed by atoms with Crippen LogP contribution in [0.15, 0.2) is 47.3 Å². The van der Waals surface area contributed by atoms with E-state index in [9.17, 15) is 18.8 Å². The van der Waals surface area contributed by atoms with Gasteiger partial charge in [0.1, 0.15) is 5.82 Å². The monoisotopic (exact) mass is 477 g/mol. The maximum absolute atomic E-state index is 14.5. The third-order valence-corrected chi connectivity index (χ3v) is 7.01. The lowest BCUT2D eigenvalue weighted by Gasteiger charge is -2.34. The van der Waals surface area contributed by atoms with Gasteiger partial charge in [-0.1, -0.05) is 31.2 Å². The number of aromatic nitrogens is 2. The lowest BCUT2D eigenvalue weighted by Crippen LogP contribution is -2.49. The Balaban J connectivity index is 1.25. The molecule has 1 aromatic heterocycles. The summed E-state index contributed by atoms with van der Waals surface area (Å²) in [5.74, 6) is -1.61. The molecule has 1 aliphatic carbocycles. The number of H-pyrrole nitrogens is 1. The van der Waals surface area contributed by atoms with Crippen LogP contribution in [0.2, 0.25) is 0 Å². The summed E-state index contributed by atoms with van der Waals surface area (Å²) in [6.07, 6.45) is 0.849. The SMILES string of the molecule is CCN1CCN(C(=O)C2CC2C(=O)Nc2cc(Cc3n[nH]c(=O)c4ccccc34)ccc2F)CC1. The minimum absolute atomic E-state index is 0.0196. The Morgan fingerprint density at radius 2 is 1.83 bits per heavy atom. The number of fused-ring (bicyclic) bond motifs is 1. The van der Waals surface area contributed by atoms with E-state index in [1.54, 1.807) is 24.3 Å². The van der Waals surface area contributed by atoms with Crippen LogP contribution in [-0.4, -0.2) is 64.5 Å². The van der Waals surface area contributed by atoms with Gasteiger partial charge in [-0.3, -0.25) is 14.4 Å². The molecule has 2 unspecified atom stereocenters. The van der Waals surface area contributed by atoms with Gasteiger partial charge in [0.15, 0.2) is 0 Å². The zero-order chi connectivity index (χ0) is 24.5. The minimum atomic E-state index is -0.541. The number of nitrogens with one attached hydrogen (secondary N) is 2. The number of rotatable bonds is 6. The average molecular weight is 478 g/mol. The summed E-state index contributed by atoms with van der Waals surface area (Å²) in [7, 11) is 0. The van der Waals surface area contributed by atoms with Crippen molar-refractivity contribution in [3.63, 3.8) is 0 Å². The molecule has 8 nitrogen and oxygen atoms in total. The number of hydrogen-bond donors (Lipinski definition) is 2. The molecule has 3 aromatic rings. The van der Waals surface area contributed by atoms with Crippen molar-refractivity contribution in [2.45, 2.75) is 19.8 Å². The molecule has 2 fully saturated rings. The Morgan fingerprint density at radius 1 is 1.09 bits per heavy atom. The first kappa shape index (κ1) is 23.2. The predicted octanol–water partition coefficient (Wildman–Crippen LogP) is 2.39. The molecule has 1 aliphatic heterocycles. The van der Waals surface area contributed by atoms with E-state index in [0.717, 1.165) is 30.6 Å². The van der Waals surface area contributed by atoms with Crippen molar-refractivity contribution in [3.8, 4) is 0 Å². The predicted molar refractivity (Wildman–Crippen MR) is 130 cm³/mol. The number of piperazine rings is 1. The van der Waals surface area contributed by atoms with Crippen LogP contribution < -0.4 is 10.9 Å². The normalized spacial score (nSPS) is 20.1. The van der Waals surface area contributed by atoms with Gasteiger partial charge in [-0.05, 0) is 36.7 Å². The van der Waals surface area contributed by atoms with Crippen molar-refractivity contribution in [1.29, 1.82) is 0 Å². The topological polar surface area (TPSA) is 98.4 Å². The van der Waals surface area contributed by atoms with Crippen LogP contribution in [0.3, 0.4) is 0 Å². The van der Waals surface area contributed by atoms with Gasteiger partial charge < -0.3 is 15.1 Å². The molecule has 2 heterocycles. The van der Waals surface area contributed by atoms with Gasteiger partial charge in [0, 0.05) is 38.0 Å². The Hall–Kier alpha value is -3.59. The van der Waals surface area contributed by atoms with E-state index >= 15 is 0 Å². The standard InChI is InChI=1S/C26H28FN5O3/c1-2-31-9-11-32(12-10-31)26(35)20-15-19(20)24(33)28-23-14-16(7-8-21(23)27)13-22-17-5-3-4-6-18(17)25(34)30-29-22/h3-8,14,19-20H,2,9-13,15H2,1H3,(H,28,33)(H,30,34). The molecule has 2 N–H and O–H groups in total. The summed E-state index contributed by atoms with van der Waals surface area (Å²) < 4.78 is 14.5. The van der Waals surface area contributed by atoms with Crippen molar-refractivity contribution in [1.82, 2.24) is 20.0 Å². The Kier molecular flexibility index (Phi) is 6.34. The highest BCUT2D eigenvalue weighted by Gasteiger charge is 2.49. The number of benzene rings is 2. The van der Waals surface area contributed by atoms with Gasteiger partial charge in [-0.15, -0.1) is 0 Å². The maximum Gasteiger partial charge on any atom is 0.272 e. The zero-order valence-electron chi connectivity index (χ0n) is 19.6. The van der Waals surface area contributed by atoms with Crippen molar-refractivity contribution in [2.75, 3.05) is 38.0 Å². The van der Waals surface area contributed by atoms with E-state index < -0.39 is 11.7 Å². The van der Waals surface area contributed by atoms with E-state index in [0.29, 0.717) is 37.0 Å². The van der Waals surface area contributed by atoms with Crippen LogP contribution in [0.25, 0.3) is 10.8 Å². The molecular weight excluding hydrogens is 449 g/mol. The lowest BCUT2D eigenvalue weighted by molar-refractivity contribution is -0.135. The highest BCUT2D eigenvalue weighted by Crippen LogP contribution is 2.41. The van der Waals surface area contributed by atoms with Gasteiger partial charge in [-0.2, -0.15) is 5.10 Å². The highest BCUT2D eigenvalue weighted by atomic mass is 19.1. The molecular formula is C26H28FN5O3. The van der Waals surface area contributed by atoms with Crippen LogP contribution >= 0.6 is 0 Å². The number of hydrogen-bond acceptors (Lipinski definition) is 5. The quantitative estimate of drug-likeness (QED) is 0.568. The van der Waals surface area contributed by atoms with Crippen LogP contribution in [0, 0.1) is 17.7 Å². The second-order valence-corrected chi connectivity index (χ2v) is 9.23. The van der Waals surface area contributed by atoms with Gasteiger partial charge in [0.2, 0.25) is 11.8 Å². The fraction of sp³-hybridized carbons (Fsp3) is 0.385. The van der Waals surface area contributed by atoms with E-state index in [1.807, 2.05) is 17.0 Å². The second-order valence-electron chi connectivity index (χ2n) is 9.23. The van der Waals surface area contributed by atoms with Gasteiger partial charge >= 0.3 is 0 Å². The van der Waals surface area contributed by atoms with Gasteiger partial charge in [-0.25, -0.2) is 9.49 Å². The molecule has 5 rings (SSSR count). The molecule has 2 aliphatic rings. The van der Waals surface area contributed by atoms with Crippen molar-refractivity contribution < 1.29 is 14.0 Å². The summed E-state index contributed by atoms with van der Waals surface area (Å²) in [4.78, 5) is 41.8. The molecule has 35 heavy (non-hydrogen) atoms. The van der Waals surface area contributed by atoms with Crippen LogP contribution in [-0.2, 0) is 16.0 Å². The van der Waals surface area contributed by atoms with Crippen LogP contribution in [0.1, 0.15) is 24.6 Å². The highest BCUT2D eigenvalue weighted by molar-refractivity contribution is 5.99. The molecule has 2 atom stereocenters. The number of anilines is 1. The van der Waals surface area contributed by atoms with Gasteiger partial charge in [0.05, 0.1) is 28.6 Å². The molecule has 2 aromatic carbocycles. The summed E-state index contributed by atoms with van der Waals surface area (Å²) >= 11 is 0. The number of aromatic amines is 1. The van der Waals surface area contributed by atoms with E-state index in [-0.39, 0.29) is 29.0 Å². The Labute approximate surface area is 202 Å². The molecule has 1 saturated heterocycles. The van der Waals surface area contributed by atoms with E-state index in [2.05, 4.69) is 27.3 Å². The first-order valence-corrected chi connectivity index (χ1v) is 12.0. The largest absolute Gasteiger partial charge is 0.340 e. The number of likely N-dealkylation sites (N-methyl/N-ethyl adjacent to an activating group) is 1. The molecule has 0 radical (unpaired) electrons. The zero-order valence-corrected chi connectivity index (χ0v) is 19.6. The van der Waals surface area contributed by atoms with E-state index in [1.165, 1.54) is 6.07 Å². The molecule has 2 amide bonds. The number of amides is 2. The lowest BCUT2D eigenvalue weighted by atomic mass is 10.0. The molecule has 0 spiro atoms. The Bertz CT molecular complexity index is 1330. The third-order valence-electron chi connectivity index (χ3n) is 7.01. The summed E-state index contributed by atoms with van der Waals surface area (Å²) in [6.45, 7) is 6.14. The van der Waals surface area contributed by atoms with Crippen molar-refractivity contribution >= 4 is 28.3 Å². The molecule has 182 valence electrons. The smallest absolute Gasteiger partial charge is 0.272 e. The molecule has 1 saturated carbocycles. The van der Waals surface area contributed by atoms with Crippen LogP contribution in [0.5, 0.6) is 0 Å². The first-order chi connectivity index (χ1) is 16.9. The number of halogens is 1. The van der Waals surface area contributed by atoms with Crippen molar-refractivity contribution in [2.24, 2.45) is 11.8 Å². The minimum Gasteiger partial charge on any atom is -0.340 e.